The van der Waals surface area contributed by atoms with E-state index in [-0.39, 0.29) is 44.7 Å². The molecule has 0 saturated heterocycles. The highest BCUT2D eigenvalue weighted by molar-refractivity contribution is 7.00. The molecule has 3 heterocycles. The van der Waals surface area contributed by atoms with Gasteiger partial charge in [-0.1, -0.05) is 202 Å². The van der Waals surface area contributed by atoms with Gasteiger partial charge >= 0.3 is 0 Å². The molecule has 0 N–H and O–H groups in total. The molecular formula is C69H80BN3. The molecule has 374 valence electrons. The third-order valence-corrected chi connectivity index (χ3v) is 17.8. The summed E-state index contributed by atoms with van der Waals surface area (Å²) >= 11 is 0. The summed E-state index contributed by atoms with van der Waals surface area (Å²) in [5, 5.41) is 0. The van der Waals surface area contributed by atoms with Crippen LogP contribution in [0.4, 0.5) is 45.5 Å². The lowest BCUT2D eigenvalue weighted by molar-refractivity contribution is 0.215. The number of fused-ring (bicyclic) bond motifs is 7. The van der Waals surface area contributed by atoms with E-state index in [9.17, 15) is 0 Å². The summed E-state index contributed by atoms with van der Waals surface area (Å²) in [4.78, 5) is 8.04. The highest BCUT2D eigenvalue weighted by atomic mass is 15.3. The zero-order valence-electron chi connectivity index (χ0n) is 47.1. The lowest BCUT2D eigenvalue weighted by Crippen LogP contribution is -2.61. The van der Waals surface area contributed by atoms with Crippen LogP contribution in [0.2, 0.25) is 0 Å². The summed E-state index contributed by atoms with van der Waals surface area (Å²) in [7, 11) is 0. The molecule has 0 radical (unpaired) electrons. The molecule has 4 heteroatoms. The van der Waals surface area contributed by atoms with Crippen LogP contribution >= 0.6 is 0 Å². The van der Waals surface area contributed by atoms with Crippen molar-refractivity contribution in [3.05, 3.63) is 185 Å². The van der Waals surface area contributed by atoms with E-state index in [0.29, 0.717) is 0 Å². The van der Waals surface area contributed by atoms with Crippen molar-refractivity contribution in [1.82, 2.24) is 0 Å². The van der Waals surface area contributed by atoms with Crippen molar-refractivity contribution < 1.29 is 0 Å². The third-order valence-electron chi connectivity index (χ3n) is 17.8. The molecule has 11 rings (SSSR count). The summed E-state index contributed by atoms with van der Waals surface area (Å²) in [5.41, 5.74) is 23.4. The van der Waals surface area contributed by atoms with Crippen LogP contribution in [0.1, 0.15) is 175 Å². The standard InChI is InChI=1S/C69H80BN3/c1-63(2,3)45-23-25-48(26-24-45)69-40-20-19-39-68(69,16)73(57-22-18-17-21-54(57)69)53-36-37-55-59(44-53)72(52-34-29-47(30-35-52)65(7,8)9)61-43-50(67(13,14)15)42-60-62(61)70(55)56-41-49(66(10,11)12)31-38-58(56)71(60)51-32-27-46(28-33-51)64(4,5)6/h17-18,21-38,41-44H,19-20,39-40H2,1-16H3. The van der Waals surface area contributed by atoms with E-state index in [0.717, 1.165) is 12.8 Å². The zero-order valence-corrected chi connectivity index (χ0v) is 47.1. The van der Waals surface area contributed by atoms with E-state index in [1.54, 1.807) is 0 Å². The second-order valence-electron chi connectivity index (χ2n) is 27.7. The van der Waals surface area contributed by atoms with Crippen LogP contribution in [0.25, 0.3) is 0 Å². The van der Waals surface area contributed by atoms with Crippen LogP contribution in [-0.4, -0.2) is 12.3 Å². The minimum absolute atomic E-state index is 0.00659. The Labute approximate surface area is 440 Å². The van der Waals surface area contributed by atoms with Crippen molar-refractivity contribution in [1.29, 1.82) is 0 Å². The van der Waals surface area contributed by atoms with Gasteiger partial charge in [0.25, 0.3) is 6.71 Å². The van der Waals surface area contributed by atoms with Gasteiger partial charge in [-0.2, -0.15) is 0 Å². The first kappa shape index (κ1) is 49.2. The van der Waals surface area contributed by atoms with Crippen molar-refractivity contribution >= 4 is 68.6 Å². The summed E-state index contributed by atoms with van der Waals surface area (Å²) in [6.45, 7) is 37.7. The first-order valence-electron chi connectivity index (χ1n) is 27.5. The SMILES string of the molecule is CC(C)(C)c1ccc(N2c3ccc(C(C)(C)C)cc3B3c4ccc(N5c6ccccc6C6(c7ccc(C(C)(C)C)cc7)CCCCC56C)cc4N(c4ccc(C(C)(C)C)cc4)c4cc(C(C)(C)C)cc2c43)cc1. The number of nitrogens with zero attached hydrogens (tertiary/aromatic N) is 3. The molecule has 0 aromatic heterocycles. The first-order valence-corrected chi connectivity index (χ1v) is 27.5. The van der Waals surface area contributed by atoms with E-state index in [1.807, 2.05) is 0 Å². The normalized spacial score (nSPS) is 19.6. The molecule has 0 amide bonds. The van der Waals surface area contributed by atoms with E-state index in [4.69, 9.17) is 0 Å². The summed E-state index contributed by atoms with van der Waals surface area (Å²) in [6.07, 6.45) is 4.65. The van der Waals surface area contributed by atoms with Crippen LogP contribution in [0.15, 0.2) is 146 Å². The number of rotatable bonds is 4. The fraction of sp³-hybridized carbons (Fsp3) is 0.391. The predicted molar refractivity (Wildman–Crippen MR) is 317 cm³/mol. The molecule has 3 aliphatic heterocycles. The highest BCUT2D eigenvalue weighted by Gasteiger charge is 2.61. The summed E-state index contributed by atoms with van der Waals surface area (Å²) < 4.78 is 0. The fourth-order valence-corrected chi connectivity index (χ4v) is 13.5. The van der Waals surface area contributed by atoms with Gasteiger partial charge in [-0.05, 0) is 163 Å². The molecule has 3 nitrogen and oxygen atoms in total. The van der Waals surface area contributed by atoms with Crippen molar-refractivity contribution in [2.45, 2.75) is 174 Å². The average Bonchev–Trinajstić information content (AvgIpc) is 3.57. The van der Waals surface area contributed by atoms with Gasteiger partial charge in [0.2, 0.25) is 0 Å². The lowest BCUT2D eigenvalue weighted by Gasteiger charge is -2.52. The Morgan fingerprint density at radius 2 is 0.849 bits per heavy atom. The second kappa shape index (κ2) is 16.5. The Morgan fingerprint density at radius 1 is 0.384 bits per heavy atom. The Balaban J connectivity index is 1.20. The van der Waals surface area contributed by atoms with Crippen LogP contribution in [0.3, 0.4) is 0 Å². The van der Waals surface area contributed by atoms with Crippen molar-refractivity contribution in [2.75, 3.05) is 14.7 Å². The summed E-state index contributed by atoms with van der Waals surface area (Å²) in [5.74, 6) is 0. The van der Waals surface area contributed by atoms with Crippen LogP contribution in [0, 0.1) is 0 Å². The Hall–Kier alpha value is -6.00. The van der Waals surface area contributed by atoms with Gasteiger partial charge in [-0.3, -0.25) is 0 Å². The molecular weight excluding hydrogens is 882 g/mol. The lowest BCUT2D eigenvalue weighted by atomic mass is 9.33. The van der Waals surface area contributed by atoms with Crippen LogP contribution < -0.4 is 31.1 Å². The predicted octanol–water partition coefficient (Wildman–Crippen LogP) is 17.0. The molecule has 2 unspecified atom stereocenters. The van der Waals surface area contributed by atoms with Gasteiger partial charge in [0, 0.05) is 50.9 Å². The van der Waals surface area contributed by atoms with Crippen molar-refractivity contribution in [3.63, 3.8) is 0 Å². The van der Waals surface area contributed by atoms with Gasteiger partial charge in [-0.15, -0.1) is 0 Å². The second-order valence-corrected chi connectivity index (χ2v) is 27.7. The Kier molecular flexibility index (Phi) is 11.1. The fourth-order valence-electron chi connectivity index (χ4n) is 13.5. The monoisotopic (exact) mass is 962 g/mol. The minimum Gasteiger partial charge on any atom is -0.334 e. The van der Waals surface area contributed by atoms with Crippen molar-refractivity contribution in [3.8, 4) is 0 Å². The van der Waals surface area contributed by atoms with E-state index >= 15 is 0 Å². The molecule has 0 spiro atoms. The maximum atomic E-state index is 2.79. The quantitative estimate of drug-likeness (QED) is 0.163. The molecule has 4 aliphatic rings. The minimum atomic E-state index is -0.202. The maximum absolute atomic E-state index is 2.79. The Bertz CT molecular complexity index is 3270. The summed E-state index contributed by atoms with van der Waals surface area (Å²) in [6, 6.07) is 58.3. The largest absolute Gasteiger partial charge is 0.334 e. The smallest absolute Gasteiger partial charge is 0.252 e. The number of anilines is 8. The maximum Gasteiger partial charge on any atom is 0.252 e. The molecule has 1 aliphatic carbocycles. The van der Waals surface area contributed by atoms with E-state index in [2.05, 4.69) is 271 Å². The molecule has 0 bridgehead atoms. The number of para-hydroxylation sites is 1. The van der Waals surface area contributed by atoms with Crippen LogP contribution in [-0.2, 0) is 32.5 Å². The van der Waals surface area contributed by atoms with Gasteiger partial charge in [0.1, 0.15) is 0 Å². The van der Waals surface area contributed by atoms with Crippen LogP contribution in [0.5, 0.6) is 0 Å². The molecule has 1 fully saturated rings. The number of hydrogen-bond donors (Lipinski definition) is 0. The van der Waals surface area contributed by atoms with E-state index < -0.39 is 0 Å². The molecule has 7 aromatic carbocycles. The zero-order chi connectivity index (χ0) is 52.0. The number of benzene rings is 7. The van der Waals surface area contributed by atoms with Gasteiger partial charge in [0.15, 0.2) is 0 Å². The molecule has 2 atom stereocenters. The Morgan fingerprint density at radius 3 is 1.38 bits per heavy atom. The number of hydrogen-bond acceptors (Lipinski definition) is 3. The first-order chi connectivity index (χ1) is 34.2. The topological polar surface area (TPSA) is 9.72 Å². The average molecular weight is 962 g/mol. The van der Waals surface area contributed by atoms with Gasteiger partial charge in [-0.25, -0.2) is 0 Å². The van der Waals surface area contributed by atoms with Gasteiger partial charge < -0.3 is 14.7 Å². The molecule has 1 saturated carbocycles. The van der Waals surface area contributed by atoms with Crippen molar-refractivity contribution in [2.24, 2.45) is 0 Å². The molecule has 7 aromatic rings. The van der Waals surface area contributed by atoms with Gasteiger partial charge in [0.05, 0.1) is 5.54 Å². The third kappa shape index (κ3) is 7.73. The molecule has 73 heavy (non-hydrogen) atoms. The van der Waals surface area contributed by atoms with E-state index in [1.165, 1.54) is 114 Å². The highest BCUT2D eigenvalue weighted by Crippen LogP contribution is 2.64.